The van der Waals surface area contributed by atoms with Gasteiger partial charge < -0.3 is 10.6 Å². The summed E-state index contributed by atoms with van der Waals surface area (Å²) in [6, 6.07) is 9.28. The van der Waals surface area contributed by atoms with Gasteiger partial charge in [0.15, 0.2) is 5.82 Å². The highest BCUT2D eigenvalue weighted by molar-refractivity contribution is 6.32. The van der Waals surface area contributed by atoms with Crippen molar-refractivity contribution in [1.29, 1.82) is 0 Å². The maximum Gasteiger partial charge on any atom is 0.152 e. The molecule has 0 saturated heterocycles. The summed E-state index contributed by atoms with van der Waals surface area (Å²) in [5.41, 5.74) is 6.68. The molecule has 0 radical (unpaired) electrons. The van der Waals surface area contributed by atoms with E-state index in [9.17, 15) is 0 Å². The average Bonchev–Trinajstić information content (AvgIpc) is 2.61. The highest BCUT2D eigenvalue weighted by Gasteiger charge is 2.10. The molecule has 2 rings (SSSR count). The van der Waals surface area contributed by atoms with Gasteiger partial charge in [0.1, 0.15) is 5.82 Å². The van der Waals surface area contributed by atoms with Gasteiger partial charge in [-0.3, -0.25) is 0 Å². The van der Waals surface area contributed by atoms with E-state index in [1.165, 1.54) is 0 Å². The third-order valence-corrected chi connectivity index (χ3v) is 2.58. The number of nitrogens with two attached hydrogens (primary N) is 1. The van der Waals surface area contributed by atoms with Crippen molar-refractivity contribution in [1.82, 2.24) is 9.78 Å². The lowest BCUT2D eigenvalue weighted by atomic mass is 10.3. The second kappa shape index (κ2) is 4.06. The zero-order valence-electron chi connectivity index (χ0n) is 9.18. The summed E-state index contributed by atoms with van der Waals surface area (Å²) in [7, 11) is 3.83. The molecule has 2 N–H and O–H groups in total. The lowest BCUT2D eigenvalue weighted by molar-refractivity contribution is 0.875. The summed E-state index contributed by atoms with van der Waals surface area (Å²) >= 11 is 6.09. The highest BCUT2D eigenvalue weighted by Crippen LogP contribution is 2.24. The molecule has 1 aromatic carbocycles. The molecule has 0 amide bonds. The maximum atomic E-state index is 6.09. The van der Waals surface area contributed by atoms with Crippen molar-refractivity contribution < 1.29 is 0 Å². The zero-order chi connectivity index (χ0) is 11.7. The van der Waals surface area contributed by atoms with Gasteiger partial charge in [0, 0.05) is 20.2 Å². The van der Waals surface area contributed by atoms with E-state index in [0.29, 0.717) is 10.8 Å². The number of nitrogen functional groups attached to an aromatic ring is 1. The Morgan fingerprint density at radius 1 is 1.31 bits per heavy atom. The molecule has 84 valence electrons. The van der Waals surface area contributed by atoms with Gasteiger partial charge in [-0.2, -0.15) is 0 Å². The molecular formula is C11H13ClN4. The van der Waals surface area contributed by atoms with Gasteiger partial charge in [0.25, 0.3) is 0 Å². The predicted molar refractivity (Wildman–Crippen MR) is 67.3 cm³/mol. The molecule has 0 saturated carbocycles. The summed E-state index contributed by atoms with van der Waals surface area (Å²) in [5, 5.41) is 5.00. The monoisotopic (exact) mass is 236 g/mol. The van der Waals surface area contributed by atoms with Crippen LogP contribution in [0.5, 0.6) is 0 Å². The van der Waals surface area contributed by atoms with Gasteiger partial charge in [-0.1, -0.05) is 23.7 Å². The number of rotatable bonds is 2. The van der Waals surface area contributed by atoms with E-state index in [0.717, 1.165) is 11.5 Å². The normalized spacial score (nSPS) is 10.4. The summed E-state index contributed by atoms with van der Waals surface area (Å²) < 4.78 is 1.64. The number of halogens is 1. The Balaban J connectivity index is 2.52. The smallest absolute Gasteiger partial charge is 0.152 e. The van der Waals surface area contributed by atoms with Crippen molar-refractivity contribution in [2.45, 2.75) is 0 Å². The lowest BCUT2D eigenvalue weighted by Crippen LogP contribution is -2.10. The topological polar surface area (TPSA) is 47.1 Å². The number of anilines is 2. The first-order chi connectivity index (χ1) is 7.59. The van der Waals surface area contributed by atoms with Crippen molar-refractivity contribution in [2.75, 3.05) is 24.7 Å². The zero-order valence-corrected chi connectivity index (χ0v) is 9.94. The highest BCUT2D eigenvalue weighted by atomic mass is 35.5. The van der Waals surface area contributed by atoms with Crippen LogP contribution in [0.25, 0.3) is 5.69 Å². The van der Waals surface area contributed by atoms with E-state index in [1.807, 2.05) is 49.3 Å². The molecule has 5 heteroatoms. The fourth-order valence-electron chi connectivity index (χ4n) is 1.42. The van der Waals surface area contributed by atoms with Crippen LogP contribution in [-0.2, 0) is 0 Å². The van der Waals surface area contributed by atoms with E-state index in [-0.39, 0.29) is 0 Å². The average molecular weight is 237 g/mol. The van der Waals surface area contributed by atoms with Crippen LogP contribution in [0.1, 0.15) is 0 Å². The second-order valence-corrected chi connectivity index (χ2v) is 4.09. The molecule has 0 aliphatic rings. The van der Waals surface area contributed by atoms with Gasteiger partial charge in [0.2, 0.25) is 0 Å². The minimum absolute atomic E-state index is 0.566. The van der Waals surface area contributed by atoms with Gasteiger partial charge >= 0.3 is 0 Å². The van der Waals surface area contributed by atoms with Crippen molar-refractivity contribution in [3.05, 3.63) is 35.4 Å². The van der Waals surface area contributed by atoms with Crippen molar-refractivity contribution in [3.8, 4) is 5.69 Å². The standard InChI is InChI=1S/C11H13ClN4/c1-15(2)11-7-10(13)16(14-11)9-6-4-3-5-8(9)12/h3-7H,13H2,1-2H3. The minimum Gasteiger partial charge on any atom is -0.384 e. The number of hydrogen-bond donors (Lipinski definition) is 1. The Kier molecular flexibility index (Phi) is 2.75. The molecule has 0 aliphatic carbocycles. The number of benzene rings is 1. The molecular weight excluding hydrogens is 224 g/mol. The maximum absolute atomic E-state index is 6.09. The summed E-state index contributed by atoms with van der Waals surface area (Å²) in [4.78, 5) is 1.89. The quantitative estimate of drug-likeness (QED) is 0.870. The Morgan fingerprint density at radius 3 is 2.56 bits per heavy atom. The predicted octanol–water partition coefficient (Wildman–Crippen LogP) is 2.17. The van der Waals surface area contributed by atoms with Crippen molar-refractivity contribution in [2.24, 2.45) is 0 Å². The SMILES string of the molecule is CN(C)c1cc(N)n(-c2ccccc2Cl)n1. The molecule has 1 heterocycles. The number of aromatic nitrogens is 2. The summed E-state index contributed by atoms with van der Waals surface area (Å²) in [6.07, 6.45) is 0. The molecule has 4 nitrogen and oxygen atoms in total. The van der Waals surface area contributed by atoms with E-state index in [2.05, 4.69) is 5.10 Å². The number of nitrogens with zero attached hydrogens (tertiary/aromatic N) is 3. The molecule has 0 fully saturated rings. The largest absolute Gasteiger partial charge is 0.384 e. The Bertz CT molecular complexity index is 504. The molecule has 16 heavy (non-hydrogen) atoms. The van der Waals surface area contributed by atoms with Crippen molar-refractivity contribution in [3.63, 3.8) is 0 Å². The van der Waals surface area contributed by atoms with Crippen molar-refractivity contribution >= 4 is 23.2 Å². The summed E-state index contributed by atoms with van der Waals surface area (Å²) in [6.45, 7) is 0. The molecule has 0 unspecified atom stereocenters. The fraction of sp³-hybridized carbons (Fsp3) is 0.182. The molecule has 0 aliphatic heterocycles. The third-order valence-electron chi connectivity index (χ3n) is 2.26. The van der Waals surface area contributed by atoms with Crippen LogP contribution < -0.4 is 10.6 Å². The van der Waals surface area contributed by atoms with Gasteiger partial charge in [-0.25, -0.2) is 4.68 Å². The second-order valence-electron chi connectivity index (χ2n) is 3.69. The first-order valence-corrected chi connectivity index (χ1v) is 5.25. The van der Waals surface area contributed by atoms with Crippen LogP contribution in [-0.4, -0.2) is 23.9 Å². The first kappa shape index (κ1) is 10.8. The molecule has 1 aromatic heterocycles. The van der Waals surface area contributed by atoms with Gasteiger partial charge in [0.05, 0.1) is 10.7 Å². The third kappa shape index (κ3) is 1.84. The Hall–Kier alpha value is -1.68. The Labute approximate surface area is 99.2 Å². The molecule has 0 bridgehead atoms. The van der Waals surface area contributed by atoms with Crippen LogP contribution in [0, 0.1) is 0 Å². The van der Waals surface area contributed by atoms with Gasteiger partial charge in [-0.05, 0) is 12.1 Å². The molecule has 0 spiro atoms. The summed E-state index contributed by atoms with van der Waals surface area (Å²) in [5.74, 6) is 1.37. The Morgan fingerprint density at radius 2 is 2.00 bits per heavy atom. The van der Waals surface area contributed by atoms with Crippen LogP contribution in [0.2, 0.25) is 5.02 Å². The van der Waals surface area contributed by atoms with E-state index in [4.69, 9.17) is 17.3 Å². The van der Waals surface area contributed by atoms with Crippen LogP contribution in [0.15, 0.2) is 30.3 Å². The molecule has 0 atom stereocenters. The fourth-order valence-corrected chi connectivity index (χ4v) is 1.63. The minimum atomic E-state index is 0.566. The molecule has 2 aromatic rings. The first-order valence-electron chi connectivity index (χ1n) is 4.87. The van der Waals surface area contributed by atoms with Crippen LogP contribution in [0.3, 0.4) is 0 Å². The van der Waals surface area contributed by atoms with E-state index >= 15 is 0 Å². The van der Waals surface area contributed by atoms with E-state index in [1.54, 1.807) is 4.68 Å². The number of para-hydroxylation sites is 1. The number of hydrogen-bond acceptors (Lipinski definition) is 3. The van der Waals surface area contributed by atoms with E-state index < -0.39 is 0 Å². The van der Waals surface area contributed by atoms with Crippen LogP contribution >= 0.6 is 11.6 Å². The van der Waals surface area contributed by atoms with Gasteiger partial charge in [-0.15, -0.1) is 5.10 Å². The van der Waals surface area contributed by atoms with Crippen LogP contribution in [0.4, 0.5) is 11.6 Å². The lowest BCUT2D eigenvalue weighted by Gasteiger charge is -2.07.